The number of halogens is 5. The maximum Gasteiger partial charge on any atom is 0.379 e. The number of rotatable bonds is 4. The van der Waals surface area contributed by atoms with Crippen LogP contribution in [0.4, 0.5) is 17.6 Å². The molecule has 0 heterocycles. The van der Waals surface area contributed by atoms with Crippen LogP contribution in [0.2, 0.25) is 0 Å². The van der Waals surface area contributed by atoms with Crippen molar-refractivity contribution in [2.24, 2.45) is 5.73 Å². The van der Waals surface area contributed by atoms with E-state index in [0.29, 0.717) is 0 Å². The maximum absolute atomic E-state index is 13.6. The van der Waals surface area contributed by atoms with Crippen molar-refractivity contribution in [2.75, 3.05) is 6.61 Å². The van der Waals surface area contributed by atoms with E-state index in [1.54, 1.807) is 0 Å². The molecule has 0 aliphatic carbocycles. The van der Waals surface area contributed by atoms with Gasteiger partial charge in [-0.1, -0.05) is 15.9 Å². The van der Waals surface area contributed by atoms with Crippen molar-refractivity contribution in [2.45, 2.75) is 18.9 Å². The van der Waals surface area contributed by atoms with Crippen molar-refractivity contribution in [3.63, 3.8) is 0 Å². The number of esters is 1. The van der Waals surface area contributed by atoms with E-state index in [0.717, 1.165) is 12.1 Å². The highest BCUT2D eigenvalue weighted by Crippen LogP contribution is 2.34. The molecule has 0 aliphatic heterocycles. The van der Waals surface area contributed by atoms with Gasteiger partial charge in [-0.15, -0.1) is 0 Å². The minimum absolute atomic E-state index is 0.0258. The lowest BCUT2D eigenvalue weighted by molar-refractivity contribution is -0.175. The summed E-state index contributed by atoms with van der Waals surface area (Å²) in [6.45, 7) is 1.02. The number of alkyl halides is 2. The van der Waals surface area contributed by atoms with Crippen LogP contribution in [0, 0.1) is 11.6 Å². The summed E-state index contributed by atoms with van der Waals surface area (Å²) in [5.74, 6) is -8.71. The molecule has 1 aromatic rings. The molecule has 19 heavy (non-hydrogen) atoms. The van der Waals surface area contributed by atoms with Crippen molar-refractivity contribution in [1.29, 1.82) is 0 Å². The van der Waals surface area contributed by atoms with E-state index in [2.05, 4.69) is 20.7 Å². The smallest absolute Gasteiger partial charge is 0.379 e. The predicted octanol–water partition coefficient (Wildman–Crippen LogP) is 2.93. The van der Waals surface area contributed by atoms with E-state index in [9.17, 15) is 22.4 Å². The van der Waals surface area contributed by atoms with Gasteiger partial charge >= 0.3 is 11.9 Å². The minimum atomic E-state index is -4.23. The quantitative estimate of drug-likeness (QED) is 0.675. The Kier molecular flexibility index (Phi) is 4.92. The Bertz CT molecular complexity index is 473. The van der Waals surface area contributed by atoms with Crippen molar-refractivity contribution in [3.8, 4) is 0 Å². The molecule has 1 rings (SSSR count). The summed E-state index contributed by atoms with van der Waals surface area (Å²) in [6.07, 6.45) is 0. The van der Waals surface area contributed by atoms with Gasteiger partial charge in [-0.3, -0.25) is 0 Å². The van der Waals surface area contributed by atoms with Gasteiger partial charge in [-0.05, 0) is 19.1 Å². The van der Waals surface area contributed by atoms with Crippen LogP contribution in [0.25, 0.3) is 0 Å². The van der Waals surface area contributed by atoms with Crippen LogP contribution in [0.5, 0.6) is 0 Å². The molecule has 1 aromatic carbocycles. The summed E-state index contributed by atoms with van der Waals surface area (Å²) in [5.41, 5.74) is 4.04. The van der Waals surface area contributed by atoms with Crippen molar-refractivity contribution < 1.29 is 27.1 Å². The number of hydrogen-bond donors (Lipinski definition) is 1. The zero-order valence-corrected chi connectivity index (χ0v) is 11.3. The number of nitrogens with two attached hydrogens (primary N) is 1. The SMILES string of the molecule is CCOC(=O)C(F)(F)[C@@H](N)c1c(F)cc(Br)cc1F. The minimum Gasteiger partial charge on any atom is -0.462 e. The first-order chi connectivity index (χ1) is 8.71. The summed E-state index contributed by atoms with van der Waals surface area (Å²) < 4.78 is 58.4. The molecule has 0 unspecified atom stereocenters. The maximum atomic E-state index is 13.6. The standard InChI is InChI=1S/C11H10BrF4NO2/c1-2-19-10(18)11(15,16)9(17)8-6(13)3-5(12)4-7(8)14/h3-4,9H,2,17H2,1H3/t9-/m0/s1. The number of ether oxygens (including phenoxy) is 1. The molecule has 0 spiro atoms. The van der Waals surface area contributed by atoms with Crippen molar-refractivity contribution >= 4 is 21.9 Å². The van der Waals surface area contributed by atoms with Crippen LogP contribution >= 0.6 is 15.9 Å². The molecule has 8 heteroatoms. The molecule has 3 nitrogen and oxygen atoms in total. The van der Waals surface area contributed by atoms with Gasteiger partial charge in [0.05, 0.1) is 6.61 Å². The van der Waals surface area contributed by atoms with E-state index in [4.69, 9.17) is 5.73 Å². The molecular formula is C11H10BrF4NO2. The van der Waals surface area contributed by atoms with Crippen LogP contribution in [0.3, 0.4) is 0 Å². The fourth-order valence-electron chi connectivity index (χ4n) is 1.39. The van der Waals surface area contributed by atoms with Gasteiger partial charge in [0.1, 0.15) is 17.7 Å². The lowest BCUT2D eigenvalue weighted by Crippen LogP contribution is -2.42. The topological polar surface area (TPSA) is 52.3 Å². The Hall–Kier alpha value is -1.15. The number of carbonyl (C=O) groups excluding carboxylic acids is 1. The monoisotopic (exact) mass is 343 g/mol. The second-order valence-electron chi connectivity index (χ2n) is 3.60. The second kappa shape index (κ2) is 5.87. The van der Waals surface area contributed by atoms with Gasteiger partial charge < -0.3 is 10.5 Å². The largest absolute Gasteiger partial charge is 0.462 e. The first-order valence-electron chi connectivity index (χ1n) is 5.16. The molecule has 2 N–H and O–H groups in total. The molecule has 0 saturated heterocycles. The van der Waals surface area contributed by atoms with Crippen LogP contribution < -0.4 is 5.73 Å². The average molecular weight is 344 g/mol. The third-order valence-corrected chi connectivity index (χ3v) is 2.75. The Morgan fingerprint density at radius 3 is 2.32 bits per heavy atom. The van der Waals surface area contributed by atoms with Crippen molar-refractivity contribution in [3.05, 3.63) is 33.8 Å². The van der Waals surface area contributed by atoms with Gasteiger partial charge in [-0.2, -0.15) is 8.78 Å². The number of hydrogen-bond acceptors (Lipinski definition) is 3. The van der Waals surface area contributed by atoms with Gasteiger partial charge in [0.25, 0.3) is 0 Å². The van der Waals surface area contributed by atoms with Crippen LogP contribution in [0.15, 0.2) is 16.6 Å². The summed E-state index contributed by atoms with van der Waals surface area (Å²) in [5, 5.41) is 0. The van der Waals surface area contributed by atoms with E-state index in [1.165, 1.54) is 6.92 Å². The van der Waals surface area contributed by atoms with Crippen LogP contribution in [0.1, 0.15) is 18.5 Å². The van der Waals surface area contributed by atoms with E-state index >= 15 is 0 Å². The lowest BCUT2D eigenvalue weighted by Gasteiger charge is -2.22. The molecule has 0 radical (unpaired) electrons. The molecule has 0 amide bonds. The normalized spacial score (nSPS) is 13.2. The zero-order valence-electron chi connectivity index (χ0n) is 9.72. The molecule has 0 bridgehead atoms. The summed E-state index contributed by atoms with van der Waals surface area (Å²) in [6, 6.07) is -0.918. The molecule has 0 aliphatic rings. The zero-order chi connectivity index (χ0) is 14.8. The third kappa shape index (κ3) is 3.24. The van der Waals surface area contributed by atoms with Gasteiger partial charge in [0.2, 0.25) is 0 Å². The molecule has 0 fully saturated rings. The predicted molar refractivity (Wildman–Crippen MR) is 62.6 cm³/mol. The Morgan fingerprint density at radius 1 is 1.42 bits per heavy atom. The molecule has 0 saturated carbocycles. The van der Waals surface area contributed by atoms with Crippen molar-refractivity contribution in [1.82, 2.24) is 0 Å². The third-order valence-electron chi connectivity index (χ3n) is 2.29. The lowest BCUT2D eigenvalue weighted by atomic mass is 10.0. The van der Waals surface area contributed by atoms with Gasteiger partial charge in [0.15, 0.2) is 0 Å². The Balaban J connectivity index is 3.19. The van der Waals surface area contributed by atoms with E-state index < -0.39 is 35.1 Å². The Morgan fingerprint density at radius 2 is 1.89 bits per heavy atom. The summed E-state index contributed by atoms with van der Waals surface area (Å²) in [7, 11) is 0. The highest BCUT2D eigenvalue weighted by molar-refractivity contribution is 9.10. The van der Waals surface area contributed by atoms with Crippen LogP contribution in [-0.4, -0.2) is 18.5 Å². The highest BCUT2D eigenvalue weighted by atomic mass is 79.9. The number of benzene rings is 1. The second-order valence-corrected chi connectivity index (χ2v) is 4.52. The molecular weight excluding hydrogens is 334 g/mol. The van der Waals surface area contributed by atoms with E-state index in [-0.39, 0.29) is 11.1 Å². The highest BCUT2D eigenvalue weighted by Gasteiger charge is 2.49. The summed E-state index contributed by atoms with van der Waals surface area (Å²) >= 11 is 2.80. The number of carbonyl (C=O) groups is 1. The first-order valence-corrected chi connectivity index (χ1v) is 5.96. The van der Waals surface area contributed by atoms with E-state index in [1.807, 2.05) is 0 Å². The average Bonchev–Trinajstić information content (AvgIpc) is 2.27. The van der Waals surface area contributed by atoms with Crippen LogP contribution in [-0.2, 0) is 9.53 Å². The summed E-state index contributed by atoms with van der Waals surface area (Å²) in [4.78, 5) is 11.1. The first kappa shape index (κ1) is 15.9. The fourth-order valence-corrected chi connectivity index (χ4v) is 1.79. The van der Waals surface area contributed by atoms with Gasteiger partial charge in [-0.25, -0.2) is 13.6 Å². The fraction of sp³-hybridized carbons (Fsp3) is 0.364. The molecule has 1 atom stereocenters. The van der Waals surface area contributed by atoms with Gasteiger partial charge in [0, 0.05) is 10.0 Å². The molecule has 0 aromatic heterocycles. The molecule has 106 valence electrons. The Labute approximate surface area is 114 Å².